The van der Waals surface area contributed by atoms with Crippen molar-refractivity contribution in [2.45, 2.75) is 33.0 Å². The number of nitrogens with zero attached hydrogens (tertiary/aromatic N) is 3. The van der Waals surface area contributed by atoms with Gasteiger partial charge in [0.1, 0.15) is 16.9 Å². The van der Waals surface area contributed by atoms with Crippen molar-refractivity contribution in [1.29, 1.82) is 0 Å². The zero-order valence-electron chi connectivity index (χ0n) is 15.8. The van der Waals surface area contributed by atoms with Gasteiger partial charge in [0.05, 0.1) is 23.8 Å². The van der Waals surface area contributed by atoms with E-state index in [1.54, 1.807) is 30.6 Å². The Bertz CT molecular complexity index is 759. The lowest BCUT2D eigenvalue weighted by Gasteiger charge is -2.21. The van der Waals surface area contributed by atoms with Gasteiger partial charge in [0.15, 0.2) is 5.96 Å². The van der Waals surface area contributed by atoms with E-state index in [4.69, 9.17) is 16.3 Å². The van der Waals surface area contributed by atoms with Gasteiger partial charge in [0.25, 0.3) is 0 Å². The van der Waals surface area contributed by atoms with Gasteiger partial charge in [-0.2, -0.15) is 0 Å². The number of halogens is 3. The number of aliphatic imine (C=N–C) groups is 1. The van der Waals surface area contributed by atoms with E-state index in [1.165, 1.54) is 6.07 Å². The number of ether oxygens (including phenoxy) is 1. The fourth-order valence-corrected chi connectivity index (χ4v) is 3.32. The number of rotatable bonds is 7. The van der Waals surface area contributed by atoms with Gasteiger partial charge in [0, 0.05) is 26.1 Å². The summed E-state index contributed by atoms with van der Waals surface area (Å²) in [5.41, 5.74) is 1.82. The first-order valence-corrected chi connectivity index (χ1v) is 9.60. The Morgan fingerprint density at radius 3 is 2.85 bits per heavy atom. The summed E-state index contributed by atoms with van der Waals surface area (Å²) in [6.45, 7) is 5.78. The molecule has 0 radical (unpaired) electrons. The fourth-order valence-electron chi connectivity index (χ4n) is 2.27. The lowest BCUT2D eigenvalue weighted by Crippen LogP contribution is -2.38. The van der Waals surface area contributed by atoms with Gasteiger partial charge in [-0.05, 0) is 31.5 Å². The first kappa shape index (κ1) is 24.1. The highest BCUT2D eigenvalue weighted by atomic mass is 127. The Morgan fingerprint density at radius 1 is 1.48 bits per heavy atom. The molecule has 9 heteroatoms. The Labute approximate surface area is 186 Å². The maximum atomic E-state index is 13.3. The predicted octanol–water partition coefficient (Wildman–Crippen LogP) is 4.86. The normalized spacial score (nSPS) is 12.4. The molecule has 0 fully saturated rings. The molecule has 0 spiro atoms. The molecular weight excluding hydrogens is 502 g/mol. The Morgan fingerprint density at radius 2 is 2.22 bits per heavy atom. The SMILES string of the molecule is CCNC(=NCc1ccc(F)c(Cl)c1)N(C)Cc1csc(C(C)OC)n1.I. The van der Waals surface area contributed by atoms with E-state index >= 15 is 0 Å². The number of guanidine groups is 1. The standard InChI is InChI=1S/C18H24ClFN4OS.HI/c1-5-21-18(22-9-13-6-7-16(20)15(19)8-13)24(3)10-14-11-26-17(23-14)12(2)25-4;/h6-8,11-12H,5,9-10H2,1-4H3,(H,21,22);1H. The minimum Gasteiger partial charge on any atom is -0.375 e. The smallest absolute Gasteiger partial charge is 0.194 e. The molecule has 5 nitrogen and oxygen atoms in total. The van der Waals surface area contributed by atoms with Crippen LogP contribution in [0.25, 0.3) is 0 Å². The van der Waals surface area contributed by atoms with Crippen LogP contribution in [-0.2, 0) is 17.8 Å². The molecule has 2 aromatic rings. The summed E-state index contributed by atoms with van der Waals surface area (Å²) in [4.78, 5) is 11.2. The molecule has 0 saturated heterocycles. The van der Waals surface area contributed by atoms with Crippen LogP contribution < -0.4 is 5.32 Å². The van der Waals surface area contributed by atoms with Gasteiger partial charge in [-0.25, -0.2) is 14.4 Å². The molecule has 0 aliphatic rings. The molecule has 1 unspecified atom stereocenters. The zero-order chi connectivity index (χ0) is 19.1. The molecule has 1 aromatic heterocycles. The molecular formula is C18H25ClFIN4OS. The summed E-state index contributed by atoms with van der Waals surface area (Å²) >= 11 is 7.42. The van der Waals surface area contributed by atoms with E-state index in [9.17, 15) is 4.39 Å². The van der Waals surface area contributed by atoms with Crippen molar-refractivity contribution in [3.63, 3.8) is 0 Å². The number of nitrogens with one attached hydrogen (secondary N) is 1. The van der Waals surface area contributed by atoms with E-state index < -0.39 is 5.82 Å². The summed E-state index contributed by atoms with van der Waals surface area (Å²) in [6.07, 6.45) is -0.0100. The van der Waals surface area contributed by atoms with Crippen molar-refractivity contribution in [2.24, 2.45) is 4.99 Å². The van der Waals surface area contributed by atoms with E-state index in [0.717, 1.165) is 28.8 Å². The van der Waals surface area contributed by atoms with E-state index in [1.807, 2.05) is 31.2 Å². The number of benzene rings is 1. The van der Waals surface area contributed by atoms with Crippen molar-refractivity contribution in [3.05, 3.63) is 50.7 Å². The second-order valence-electron chi connectivity index (χ2n) is 5.83. The third kappa shape index (κ3) is 7.17. The molecule has 0 aliphatic carbocycles. The summed E-state index contributed by atoms with van der Waals surface area (Å²) in [5, 5.41) is 6.36. The van der Waals surface area contributed by atoms with Crippen LogP contribution in [-0.4, -0.2) is 36.5 Å². The number of aromatic nitrogens is 1. The molecule has 1 heterocycles. The lowest BCUT2D eigenvalue weighted by molar-refractivity contribution is 0.119. The third-order valence-electron chi connectivity index (χ3n) is 3.76. The van der Waals surface area contributed by atoms with Gasteiger partial charge in [-0.3, -0.25) is 0 Å². The summed E-state index contributed by atoms with van der Waals surface area (Å²) in [7, 11) is 3.63. The lowest BCUT2D eigenvalue weighted by atomic mass is 10.2. The van der Waals surface area contributed by atoms with Gasteiger partial charge in [-0.15, -0.1) is 35.3 Å². The van der Waals surface area contributed by atoms with Crippen LogP contribution in [0.5, 0.6) is 0 Å². The summed E-state index contributed by atoms with van der Waals surface area (Å²) < 4.78 is 18.6. The first-order valence-electron chi connectivity index (χ1n) is 8.35. The van der Waals surface area contributed by atoms with Crippen LogP contribution in [0.15, 0.2) is 28.6 Å². The molecule has 0 saturated carbocycles. The predicted molar refractivity (Wildman–Crippen MR) is 121 cm³/mol. The van der Waals surface area contributed by atoms with E-state index in [-0.39, 0.29) is 35.1 Å². The molecule has 27 heavy (non-hydrogen) atoms. The molecule has 1 aromatic carbocycles. The van der Waals surface area contributed by atoms with Crippen LogP contribution in [0.2, 0.25) is 5.02 Å². The van der Waals surface area contributed by atoms with Crippen molar-refractivity contribution in [2.75, 3.05) is 20.7 Å². The quantitative estimate of drug-likeness (QED) is 0.318. The topological polar surface area (TPSA) is 49.8 Å². The van der Waals surface area contributed by atoms with Gasteiger partial charge in [-0.1, -0.05) is 17.7 Å². The molecule has 150 valence electrons. The van der Waals surface area contributed by atoms with Crippen LogP contribution in [0.4, 0.5) is 4.39 Å². The zero-order valence-corrected chi connectivity index (χ0v) is 19.7. The minimum absolute atomic E-state index is 0. The van der Waals surface area contributed by atoms with Crippen LogP contribution in [0, 0.1) is 5.82 Å². The van der Waals surface area contributed by atoms with Crippen molar-refractivity contribution < 1.29 is 9.13 Å². The molecule has 0 aliphatic heterocycles. The van der Waals surface area contributed by atoms with Crippen molar-refractivity contribution >= 4 is 52.9 Å². The van der Waals surface area contributed by atoms with Gasteiger partial charge < -0.3 is 15.0 Å². The summed E-state index contributed by atoms with van der Waals surface area (Å²) in [5.74, 6) is 0.329. The van der Waals surface area contributed by atoms with Crippen LogP contribution in [0.1, 0.15) is 36.2 Å². The fraction of sp³-hybridized carbons (Fsp3) is 0.444. The molecule has 1 atom stereocenters. The monoisotopic (exact) mass is 526 g/mol. The highest BCUT2D eigenvalue weighted by Gasteiger charge is 2.12. The van der Waals surface area contributed by atoms with Crippen LogP contribution in [0.3, 0.4) is 0 Å². The molecule has 0 amide bonds. The minimum atomic E-state index is -0.423. The third-order valence-corrected chi connectivity index (χ3v) is 5.11. The summed E-state index contributed by atoms with van der Waals surface area (Å²) in [6, 6.07) is 4.65. The van der Waals surface area contributed by atoms with Crippen molar-refractivity contribution in [3.8, 4) is 0 Å². The van der Waals surface area contributed by atoms with E-state index in [0.29, 0.717) is 13.1 Å². The second kappa shape index (κ2) is 11.8. The maximum Gasteiger partial charge on any atom is 0.194 e. The number of methoxy groups -OCH3 is 1. The Balaban J connectivity index is 0.00000364. The largest absolute Gasteiger partial charge is 0.375 e. The first-order chi connectivity index (χ1) is 12.4. The number of hydrogen-bond acceptors (Lipinski definition) is 4. The number of hydrogen-bond donors (Lipinski definition) is 1. The van der Waals surface area contributed by atoms with Gasteiger partial charge in [0.2, 0.25) is 0 Å². The van der Waals surface area contributed by atoms with Crippen molar-refractivity contribution in [1.82, 2.24) is 15.2 Å². The average molecular weight is 527 g/mol. The number of thiazole rings is 1. The Kier molecular flexibility index (Phi) is 10.5. The maximum absolute atomic E-state index is 13.3. The second-order valence-corrected chi connectivity index (χ2v) is 7.13. The Hall–Kier alpha value is -0.970. The molecule has 1 N–H and O–H groups in total. The van der Waals surface area contributed by atoms with E-state index in [2.05, 4.69) is 15.3 Å². The van der Waals surface area contributed by atoms with Gasteiger partial charge >= 0.3 is 0 Å². The molecule has 2 rings (SSSR count). The highest BCUT2D eigenvalue weighted by Crippen LogP contribution is 2.21. The highest BCUT2D eigenvalue weighted by molar-refractivity contribution is 14.0. The van der Waals surface area contributed by atoms with Crippen LogP contribution >= 0.6 is 46.9 Å². The average Bonchev–Trinajstić information content (AvgIpc) is 3.09. The molecule has 0 bridgehead atoms.